The lowest BCUT2D eigenvalue weighted by Crippen LogP contribution is -2.33. The molecule has 58 heavy (non-hydrogen) atoms. The average molecular weight is 920 g/mol. The van der Waals surface area contributed by atoms with Crippen LogP contribution in [0.15, 0.2) is 18.7 Å². The summed E-state index contributed by atoms with van der Waals surface area (Å²) in [5.41, 5.74) is 6.75. The number of nitrogens with one attached hydrogen (secondary N) is 1. The highest BCUT2D eigenvalue weighted by Gasteiger charge is 2.49. The predicted molar refractivity (Wildman–Crippen MR) is 196 cm³/mol. The van der Waals surface area contributed by atoms with Crippen molar-refractivity contribution in [2.24, 2.45) is 0 Å². The molecule has 0 radical (unpaired) electrons. The van der Waals surface area contributed by atoms with Crippen LogP contribution >= 0.6 is 43.5 Å². The summed E-state index contributed by atoms with van der Waals surface area (Å²) < 4.78 is 83.4. The Hall–Kier alpha value is -2.65. The standard InChI is InChI=1S/C26H37N9O18P4S/c27-26-29-9-14-24(34-26)30-12-35(14)19-7-15(36)16(49-19)10-47-54(39,40)51-56(43,44)53-57(45,46)52-55(41,42)48-11-17-20(37)21(38)22(50-17)25-31-13-8-28-18(32-23(13)33-25)5-3-1-2-4-6-58/h6,8-9,12,15-17,19-22,36-38H,1-5,7,10-11H2,(H,39,40)(H,41,42)(H,43,44)(H,45,46)(H2,27,29,34)(H,28,31,32,33)/t15-,16+,17+,19-,20+,21+,22-/m0/s1. The van der Waals surface area contributed by atoms with Gasteiger partial charge in [0.2, 0.25) is 5.95 Å². The molecule has 4 aromatic heterocycles. The quantitative estimate of drug-likeness (QED) is 0.0341. The molecule has 0 aromatic carbocycles. The number of imidazole rings is 2. The Bertz CT molecular complexity index is 2310. The normalized spacial score (nSPS) is 27.9. The van der Waals surface area contributed by atoms with Crippen LogP contribution in [0.1, 0.15) is 56.1 Å². The van der Waals surface area contributed by atoms with E-state index in [0.717, 1.165) is 25.7 Å². The first-order chi connectivity index (χ1) is 27.2. The zero-order valence-corrected chi connectivity index (χ0v) is 33.9. The number of nitrogens with zero attached hydrogens (tertiary/aromatic N) is 7. The molecule has 2 aliphatic rings. The van der Waals surface area contributed by atoms with E-state index in [1.54, 1.807) is 5.37 Å². The van der Waals surface area contributed by atoms with Gasteiger partial charge in [-0.05, 0) is 24.6 Å². The van der Waals surface area contributed by atoms with Gasteiger partial charge in [0.1, 0.15) is 59.4 Å². The van der Waals surface area contributed by atoms with Gasteiger partial charge in [-0.3, -0.25) is 9.05 Å². The third-order valence-electron chi connectivity index (χ3n) is 8.45. The molecule has 2 aliphatic heterocycles. The first-order valence-corrected chi connectivity index (χ1v) is 23.4. The average Bonchev–Trinajstić information content (AvgIpc) is 3.89. The maximum absolute atomic E-state index is 12.5. The zero-order chi connectivity index (χ0) is 42.0. The Balaban J connectivity index is 0.976. The summed E-state index contributed by atoms with van der Waals surface area (Å²) in [6.07, 6.45) is -1.74. The van der Waals surface area contributed by atoms with Crippen molar-refractivity contribution in [3.8, 4) is 0 Å². The summed E-state index contributed by atoms with van der Waals surface area (Å²) in [7, 11) is -23.7. The second kappa shape index (κ2) is 18.1. The second-order valence-electron chi connectivity index (χ2n) is 12.7. The van der Waals surface area contributed by atoms with Gasteiger partial charge in [-0.15, -0.1) is 0 Å². The van der Waals surface area contributed by atoms with Gasteiger partial charge in [0, 0.05) is 12.8 Å². The number of aromatic amines is 1. The van der Waals surface area contributed by atoms with E-state index < -0.39 is 87.4 Å². The van der Waals surface area contributed by atoms with Gasteiger partial charge >= 0.3 is 31.3 Å². The van der Waals surface area contributed by atoms with Gasteiger partial charge < -0.3 is 59.7 Å². The van der Waals surface area contributed by atoms with Crippen LogP contribution in [0.3, 0.4) is 0 Å². The molecule has 2 saturated heterocycles. The lowest BCUT2D eigenvalue weighted by atomic mass is 10.1. The fraction of sp³-hybridized carbons (Fsp3) is 0.577. The van der Waals surface area contributed by atoms with Crippen molar-refractivity contribution in [3.05, 3.63) is 30.4 Å². The van der Waals surface area contributed by atoms with E-state index in [-0.39, 0.29) is 29.5 Å². The monoisotopic (exact) mass is 919 g/mol. The fourth-order valence-electron chi connectivity index (χ4n) is 5.82. The van der Waals surface area contributed by atoms with E-state index >= 15 is 0 Å². The largest absolute Gasteiger partial charge is 0.490 e. The molecule has 0 aliphatic carbocycles. The Morgan fingerprint density at radius 3 is 2.19 bits per heavy atom. The van der Waals surface area contributed by atoms with Crippen molar-refractivity contribution in [1.82, 2.24) is 39.5 Å². The van der Waals surface area contributed by atoms with E-state index in [1.807, 2.05) is 0 Å². The molecule has 0 bridgehead atoms. The van der Waals surface area contributed by atoms with Crippen molar-refractivity contribution >= 4 is 77.2 Å². The minimum Gasteiger partial charge on any atom is -0.390 e. The van der Waals surface area contributed by atoms with Crippen LogP contribution in [-0.2, 0) is 56.1 Å². The summed E-state index contributed by atoms with van der Waals surface area (Å²) in [5, 5.41) is 33.3. The predicted octanol–water partition coefficient (Wildman–Crippen LogP) is 1.17. The highest BCUT2D eigenvalue weighted by molar-refractivity contribution is 7.79. The molecule has 6 heterocycles. The van der Waals surface area contributed by atoms with Crippen molar-refractivity contribution in [2.45, 2.75) is 81.4 Å². The topological polar surface area (TPSA) is 399 Å². The Morgan fingerprint density at radius 1 is 0.828 bits per heavy atom. The Kier molecular flexibility index (Phi) is 14.0. The second-order valence-corrected chi connectivity index (χ2v) is 19.3. The van der Waals surface area contributed by atoms with Gasteiger partial charge in [0.15, 0.2) is 11.3 Å². The summed E-state index contributed by atoms with van der Waals surface area (Å²) in [4.78, 5) is 67.6. The Morgan fingerprint density at radius 2 is 1.50 bits per heavy atom. The number of phosphoric ester groups is 2. The summed E-state index contributed by atoms with van der Waals surface area (Å²) >= 11 is 4.82. The number of anilines is 1. The lowest BCUT2D eigenvalue weighted by Gasteiger charge is -2.21. The minimum atomic E-state index is -6.15. The molecule has 32 heteroatoms. The number of H-pyrrole nitrogens is 1. The molecule has 6 rings (SSSR count). The fourth-order valence-corrected chi connectivity index (χ4v) is 10.9. The molecule has 0 spiro atoms. The molecule has 2 fully saturated rings. The molecule has 4 aromatic rings. The third kappa shape index (κ3) is 11.4. The zero-order valence-electron chi connectivity index (χ0n) is 29.5. The number of aryl methyl sites for hydroxylation is 1. The van der Waals surface area contributed by atoms with Crippen LogP contribution in [0.5, 0.6) is 0 Å². The lowest BCUT2D eigenvalue weighted by molar-refractivity contribution is -0.0422. The minimum absolute atomic E-state index is 0.0122. The number of hydrogen-bond acceptors (Lipinski definition) is 22. The first-order valence-electron chi connectivity index (χ1n) is 16.9. The van der Waals surface area contributed by atoms with Gasteiger partial charge in [0.05, 0.1) is 38.0 Å². The number of rotatable bonds is 20. The van der Waals surface area contributed by atoms with Crippen LogP contribution < -0.4 is 5.73 Å². The van der Waals surface area contributed by atoms with E-state index in [9.17, 15) is 53.2 Å². The van der Waals surface area contributed by atoms with Crippen LogP contribution in [0.2, 0.25) is 0 Å². The molecule has 320 valence electrons. The number of aromatic nitrogens is 8. The van der Waals surface area contributed by atoms with E-state index in [2.05, 4.69) is 56.9 Å². The van der Waals surface area contributed by atoms with Gasteiger partial charge in [-0.1, -0.05) is 18.6 Å². The smallest absolute Gasteiger partial charge is 0.390 e. The third-order valence-corrected chi connectivity index (χ3v) is 14.6. The summed E-state index contributed by atoms with van der Waals surface area (Å²) in [6.45, 7) is -2.00. The SMILES string of the molecule is Nc1ncc2c(ncn2[C@@H]2C[C@H](O)[C@@H](COP(=O)(O)OP(=O)(O)OP(=O)(O)OP(=O)(O)OC[C@H]3O[C@H](c4nc5nc(CCCCCC=S)ncc5[nH]4)[C@H](O)[C@@H]3O)O2)n1. The van der Waals surface area contributed by atoms with Crippen molar-refractivity contribution in [2.75, 3.05) is 18.9 Å². The van der Waals surface area contributed by atoms with Crippen molar-refractivity contribution in [3.63, 3.8) is 0 Å². The van der Waals surface area contributed by atoms with Crippen molar-refractivity contribution < 1.29 is 84.6 Å². The number of nitrogens with two attached hydrogens (primary N) is 1. The molecule has 4 unspecified atom stereocenters. The van der Waals surface area contributed by atoms with Gasteiger partial charge in [-0.2, -0.15) is 17.9 Å². The van der Waals surface area contributed by atoms with Crippen LogP contribution in [0, 0.1) is 0 Å². The summed E-state index contributed by atoms with van der Waals surface area (Å²) in [5.74, 6) is 0.492. The maximum Gasteiger partial charge on any atom is 0.490 e. The highest BCUT2D eigenvalue weighted by atomic mass is 32.1. The highest BCUT2D eigenvalue weighted by Crippen LogP contribution is 2.71. The molecule has 0 saturated carbocycles. The van der Waals surface area contributed by atoms with E-state index in [0.29, 0.717) is 23.3 Å². The number of thiocarbonyl (C=S) groups is 1. The molecular weight excluding hydrogens is 882 g/mol. The summed E-state index contributed by atoms with van der Waals surface area (Å²) in [6, 6.07) is 0. The molecule has 0 amide bonds. The molecule has 11 atom stereocenters. The number of ether oxygens (including phenoxy) is 2. The van der Waals surface area contributed by atoms with Crippen LogP contribution in [0.4, 0.5) is 5.95 Å². The van der Waals surface area contributed by atoms with E-state index in [4.69, 9.17) is 27.4 Å². The first kappa shape index (κ1) is 44.9. The number of phosphoric acid groups is 4. The Labute approximate surface area is 331 Å². The van der Waals surface area contributed by atoms with Gasteiger partial charge in [-0.25, -0.2) is 43.2 Å². The van der Waals surface area contributed by atoms with Crippen LogP contribution in [-0.4, -0.2) is 123 Å². The van der Waals surface area contributed by atoms with E-state index in [1.165, 1.54) is 23.3 Å². The number of hydrogen-bond donors (Lipinski definition) is 9. The molecular formula is C26H37N9O18P4S. The van der Waals surface area contributed by atoms with Crippen LogP contribution in [0.25, 0.3) is 22.3 Å². The van der Waals surface area contributed by atoms with Crippen molar-refractivity contribution in [1.29, 1.82) is 0 Å². The number of nitrogen functional groups attached to an aromatic ring is 1. The van der Waals surface area contributed by atoms with Gasteiger partial charge in [0.25, 0.3) is 0 Å². The molecule has 10 N–H and O–H groups in total. The number of aliphatic hydroxyl groups excluding tert-OH is 3. The number of unbranched alkanes of at least 4 members (excludes halogenated alkanes) is 3. The molecule has 27 nitrogen and oxygen atoms in total. The maximum atomic E-state index is 12.5. The number of aliphatic hydroxyl groups is 3. The number of fused-ring (bicyclic) bond motifs is 2.